The van der Waals surface area contributed by atoms with Crippen molar-refractivity contribution < 1.29 is 19.4 Å². The molecular weight excluding hydrogens is 560 g/mol. The van der Waals surface area contributed by atoms with Crippen LogP contribution < -0.4 is 15.4 Å². The van der Waals surface area contributed by atoms with E-state index in [-0.39, 0.29) is 17.5 Å². The van der Waals surface area contributed by atoms with Gasteiger partial charge in [0.05, 0.1) is 12.7 Å². The van der Waals surface area contributed by atoms with Crippen molar-refractivity contribution in [3.8, 4) is 22.6 Å². The second kappa shape index (κ2) is 11.6. The molecule has 6 aromatic rings. The fourth-order valence-corrected chi connectivity index (χ4v) is 5.74. The molecule has 0 radical (unpaired) electrons. The van der Waals surface area contributed by atoms with E-state index >= 15 is 0 Å². The number of carbonyl (C=O) groups excluding carboxylic acids is 1. The van der Waals surface area contributed by atoms with Crippen LogP contribution in [0.5, 0.6) is 11.5 Å². The summed E-state index contributed by atoms with van der Waals surface area (Å²) in [5.74, 6) is 0.589. The third kappa shape index (κ3) is 5.23. The number of hydrogen-bond donors (Lipinski definition) is 3. The third-order valence-corrected chi connectivity index (χ3v) is 8.06. The number of aromatic hydroxyl groups is 1. The molecule has 0 aliphatic carbocycles. The summed E-state index contributed by atoms with van der Waals surface area (Å²) in [7, 11) is 1.60. The predicted octanol–water partition coefficient (Wildman–Crippen LogP) is 7.80. The molecule has 6 heteroatoms. The van der Waals surface area contributed by atoms with E-state index < -0.39 is 5.72 Å². The monoisotopic (exact) mass is 590 g/mol. The molecule has 45 heavy (non-hydrogen) atoms. The molecule has 1 amide bonds. The summed E-state index contributed by atoms with van der Waals surface area (Å²) in [6, 6.07) is 46.2. The van der Waals surface area contributed by atoms with Gasteiger partial charge < -0.3 is 19.9 Å². The number of methoxy groups -OCH3 is 1. The largest absolute Gasteiger partial charge is 0.507 e. The van der Waals surface area contributed by atoms with Crippen molar-refractivity contribution >= 4 is 22.4 Å². The van der Waals surface area contributed by atoms with E-state index in [0.717, 1.165) is 27.6 Å². The molecule has 0 aromatic heterocycles. The predicted molar refractivity (Wildman–Crippen MR) is 176 cm³/mol. The van der Waals surface area contributed by atoms with Gasteiger partial charge in [0.25, 0.3) is 5.91 Å². The zero-order valence-electron chi connectivity index (χ0n) is 24.5. The van der Waals surface area contributed by atoms with Crippen molar-refractivity contribution in [2.45, 2.75) is 5.72 Å². The van der Waals surface area contributed by atoms with Gasteiger partial charge in [-0.05, 0) is 64.4 Å². The zero-order chi connectivity index (χ0) is 30.8. The molecule has 6 nitrogen and oxygen atoms in total. The summed E-state index contributed by atoms with van der Waals surface area (Å²) in [4.78, 5) is 13.4. The Kier molecular flexibility index (Phi) is 7.16. The summed E-state index contributed by atoms with van der Waals surface area (Å²) >= 11 is 0. The molecule has 1 aliphatic rings. The third-order valence-electron chi connectivity index (χ3n) is 8.06. The van der Waals surface area contributed by atoms with Crippen molar-refractivity contribution in [2.75, 3.05) is 7.11 Å². The van der Waals surface area contributed by atoms with E-state index in [1.807, 2.05) is 91.0 Å². The van der Waals surface area contributed by atoms with Gasteiger partial charge in [0, 0.05) is 16.7 Å². The highest BCUT2D eigenvalue weighted by Gasteiger charge is 2.46. The van der Waals surface area contributed by atoms with E-state index in [1.54, 1.807) is 31.4 Å². The van der Waals surface area contributed by atoms with Crippen molar-refractivity contribution in [3.63, 3.8) is 0 Å². The fourth-order valence-electron chi connectivity index (χ4n) is 5.74. The van der Waals surface area contributed by atoms with Gasteiger partial charge in [-0.1, -0.05) is 103 Å². The first-order valence-corrected chi connectivity index (χ1v) is 14.6. The number of amides is 1. The van der Waals surface area contributed by atoms with Crippen LogP contribution in [0.1, 0.15) is 27.0 Å². The van der Waals surface area contributed by atoms with Gasteiger partial charge in [-0.2, -0.15) is 0 Å². The zero-order valence-corrected chi connectivity index (χ0v) is 24.5. The fraction of sp³-hybridized carbons (Fsp3) is 0.0513. The molecule has 0 fully saturated rings. The maximum Gasteiger partial charge on any atom is 0.258 e. The van der Waals surface area contributed by atoms with Crippen LogP contribution in [0.15, 0.2) is 151 Å². The second-order valence-corrected chi connectivity index (χ2v) is 10.8. The Balaban J connectivity index is 1.33. The number of nitrogens with one attached hydrogen (secondary N) is 2. The standard InChI is InChI=1S/C39H30N2O4/c1-44-33-15-9-14-31(25-33)36-38(40-37(43)28-11-3-2-4-12-28)45-39(41-36,34-16-7-8-17-35(34)42)32-22-20-27(21-23-32)30-19-18-26-10-5-6-13-29(26)24-30/h2-25,41-42H,1H3,(H,40,43). The lowest BCUT2D eigenvalue weighted by Crippen LogP contribution is -2.40. The number of rotatable bonds is 7. The van der Waals surface area contributed by atoms with Gasteiger partial charge >= 0.3 is 0 Å². The lowest BCUT2D eigenvalue weighted by Gasteiger charge is -2.32. The number of phenols is 1. The van der Waals surface area contributed by atoms with Crippen LogP contribution in [0, 0.1) is 0 Å². The average Bonchev–Trinajstić information content (AvgIpc) is 3.48. The van der Waals surface area contributed by atoms with Crippen molar-refractivity contribution in [3.05, 3.63) is 174 Å². The van der Waals surface area contributed by atoms with E-state index in [4.69, 9.17) is 9.47 Å². The van der Waals surface area contributed by atoms with Gasteiger partial charge in [-0.25, -0.2) is 0 Å². The normalized spacial score (nSPS) is 15.8. The van der Waals surface area contributed by atoms with Gasteiger partial charge in [-0.15, -0.1) is 0 Å². The summed E-state index contributed by atoms with van der Waals surface area (Å²) in [6.07, 6.45) is 0. The smallest absolute Gasteiger partial charge is 0.258 e. The molecule has 1 heterocycles. The Morgan fingerprint density at radius 3 is 2.20 bits per heavy atom. The minimum Gasteiger partial charge on any atom is -0.507 e. The lowest BCUT2D eigenvalue weighted by molar-refractivity contribution is 0.0308. The molecule has 0 spiro atoms. The Labute approximate surface area is 261 Å². The highest BCUT2D eigenvalue weighted by atomic mass is 16.5. The van der Waals surface area contributed by atoms with Crippen LogP contribution in [-0.4, -0.2) is 18.1 Å². The summed E-state index contributed by atoms with van der Waals surface area (Å²) in [5, 5.41) is 20.1. The maximum absolute atomic E-state index is 13.4. The first-order chi connectivity index (χ1) is 22.0. The Hall–Kier alpha value is -6.01. The van der Waals surface area contributed by atoms with Crippen LogP contribution >= 0.6 is 0 Å². The summed E-state index contributed by atoms with van der Waals surface area (Å²) in [6.45, 7) is 0. The van der Waals surface area contributed by atoms with E-state index in [1.165, 1.54) is 5.39 Å². The summed E-state index contributed by atoms with van der Waals surface area (Å²) in [5.41, 5.74) is 3.74. The molecule has 220 valence electrons. The molecule has 0 bridgehead atoms. The summed E-state index contributed by atoms with van der Waals surface area (Å²) < 4.78 is 12.3. The molecule has 1 aliphatic heterocycles. The topological polar surface area (TPSA) is 79.8 Å². The number of ether oxygens (including phenoxy) is 2. The highest BCUT2D eigenvalue weighted by molar-refractivity contribution is 5.96. The second-order valence-electron chi connectivity index (χ2n) is 10.8. The minimum atomic E-state index is -1.37. The van der Waals surface area contributed by atoms with Gasteiger partial charge in [0.1, 0.15) is 17.2 Å². The van der Waals surface area contributed by atoms with Gasteiger partial charge in [-0.3, -0.25) is 10.1 Å². The van der Waals surface area contributed by atoms with Crippen LogP contribution in [0.2, 0.25) is 0 Å². The van der Waals surface area contributed by atoms with E-state index in [2.05, 4.69) is 41.0 Å². The van der Waals surface area contributed by atoms with Crippen LogP contribution in [0.4, 0.5) is 0 Å². The van der Waals surface area contributed by atoms with Crippen molar-refractivity contribution in [2.24, 2.45) is 0 Å². The number of fused-ring (bicyclic) bond motifs is 1. The number of benzene rings is 6. The molecule has 0 saturated carbocycles. The molecule has 0 saturated heterocycles. The molecule has 1 unspecified atom stereocenters. The molecule has 1 atom stereocenters. The van der Waals surface area contributed by atoms with Crippen molar-refractivity contribution in [1.29, 1.82) is 0 Å². The van der Waals surface area contributed by atoms with Crippen LogP contribution in [0.25, 0.3) is 27.6 Å². The average molecular weight is 591 g/mol. The highest BCUT2D eigenvalue weighted by Crippen LogP contribution is 2.45. The van der Waals surface area contributed by atoms with Gasteiger partial charge in [0.2, 0.25) is 11.6 Å². The Bertz CT molecular complexity index is 2050. The molecule has 3 N–H and O–H groups in total. The molecule has 7 rings (SSSR count). The molecular formula is C39H30N2O4. The number of phenolic OH excluding ortho intramolecular Hbond substituents is 1. The maximum atomic E-state index is 13.4. The number of para-hydroxylation sites is 1. The van der Waals surface area contributed by atoms with Crippen LogP contribution in [-0.2, 0) is 10.5 Å². The van der Waals surface area contributed by atoms with E-state index in [0.29, 0.717) is 22.6 Å². The Morgan fingerprint density at radius 1 is 0.711 bits per heavy atom. The van der Waals surface area contributed by atoms with Gasteiger partial charge in [0.15, 0.2) is 0 Å². The first kappa shape index (κ1) is 27.8. The quantitative estimate of drug-likeness (QED) is 0.177. The van der Waals surface area contributed by atoms with Crippen LogP contribution in [0.3, 0.4) is 0 Å². The molecule has 6 aromatic carbocycles. The SMILES string of the molecule is COc1cccc(C2=C(NC(=O)c3ccccc3)OC(c3ccc(-c4ccc5ccccc5c4)cc3)(c3ccccc3O)N2)c1. The first-order valence-electron chi connectivity index (χ1n) is 14.6. The minimum absolute atomic E-state index is 0.0456. The van der Waals surface area contributed by atoms with Crippen molar-refractivity contribution in [1.82, 2.24) is 10.6 Å². The number of hydrogen-bond acceptors (Lipinski definition) is 5. The Morgan fingerprint density at radius 2 is 1.42 bits per heavy atom. The van der Waals surface area contributed by atoms with E-state index in [9.17, 15) is 9.90 Å². The number of carbonyl (C=O) groups is 1. The lowest BCUT2D eigenvalue weighted by atomic mass is 9.91.